The fourth-order valence-corrected chi connectivity index (χ4v) is 0.637. The largest absolute Gasteiger partial charge is 0.297 e. The van der Waals surface area contributed by atoms with Gasteiger partial charge < -0.3 is 0 Å². The molecule has 0 rings (SSSR count). The topological polar surface area (TPSA) is 12.4 Å². The highest BCUT2D eigenvalue weighted by Crippen LogP contribution is 1.94. The maximum Gasteiger partial charge on any atom is 0.0276 e. The van der Waals surface area contributed by atoms with Gasteiger partial charge in [0.1, 0.15) is 0 Å². The maximum atomic E-state index is 4.05. The van der Waals surface area contributed by atoms with Crippen LogP contribution in [-0.2, 0) is 0 Å². The Morgan fingerprint density at radius 2 is 2.25 bits per heavy atom. The Bertz CT molecular complexity index is 74.5. The molecule has 47 valence electrons. The molecule has 0 aliphatic carbocycles. The van der Waals surface area contributed by atoms with Gasteiger partial charge in [-0.1, -0.05) is 13.3 Å². The van der Waals surface area contributed by atoms with Crippen molar-refractivity contribution in [2.45, 2.75) is 26.2 Å². The van der Waals surface area contributed by atoms with Gasteiger partial charge in [-0.05, 0) is 19.8 Å². The third-order valence-electron chi connectivity index (χ3n) is 1.14. The molecule has 0 heterocycles. The van der Waals surface area contributed by atoms with Gasteiger partial charge in [-0.25, -0.2) is 0 Å². The van der Waals surface area contributed by atoms with Crippen molar-refractivity contribution >= 4 is 5.71 Å². The first-order valence-electron chi connectivity index (χ1n) is 3.09. The summed E-state index contributed by atoms with van der Waals surface area (Å²) in [6, 6.07) is 0. The zero-order valence-electron chi connectivity index (χ0n) is 5.78. The van der Waals surface area contributed by atoms with Crippen molar-refractivity contribution in [3.63, 3.8) is 0 Å². The highest BCUT2D eigenvalue weighted by atomic mass is 14.7. The number of hydrogen-bond acceptors (Lipinski definition) is 1. The predicted molar refractivity (Wildman–Crippen MR) is 38.2 cm³/mol. The Kier molecular flexibility index (Phi) is 4.62. The van der Waals surface area contributed by atoms with Gasteiger partial charge in [0, 0.05) is 12.8 Å². The Labute approximate surface area is 51.8 Å². The summed E-state index contributed by atoms with van der Waals surface area (Å²) in [6.45, 7) is 5.90. The highest BCUT2D eigenvalue weighted by molar-refractivity contribution is 5.84. The summed E-state index contributed by atoms with van der Waals surface area (Å²) in [5, 5.41) is 0. The van der Waals surface area contributed by atoms with Gasteiger partial charge in [-0.2, -0.15) is 0 Å². The molecule has 0 aromatic carbocycles. The van der Waals surface area contributed by atoms with E-state index in [0.29, 0.717) is 0 Å². The van der Waals surface area contributed by atoms with Gasteiger partial charge in [-0.3, -0.25) is 4.99 Å². The Hall–Kier alpha value is -0.330. The van der Waals surface area contributed by atoms with Gasteiger partial charge in [0.2, 0.25) is 0 Å². The third kappa shape index (κ3) is 2.78. The van der Waals surface area contributed by atoms with Gasteiger partial charge in [0.25, 0.3) is 0 Å². The van der Waals surface area contributed by atoms with E-state index in [1.54, 1.807) is 0 Å². The molecule has 0 amide bonds. The van der Waals surface area contributed by atoms with Gasteiger partial charge in [0.15, 0.2) is 0 Å². The van der Waals surface area contributed by atoms with E-state index < -0.39 is 0 Å². The lowest BCUT2D eigenvalue weighted by atomic mass is 10.2. The monoisotopic (exact) mass is 112 g/mol. The molecule has 0 aromatic rings. The van der Waals surface area contributed by atoms with Crippen molar-refractivity contribution in [3.05, 3.63) is 6.92 Å². The van der Waals surface area contributed by atoms with Gasteiger partial charge >= 0.3 is 0 Å². The SMILES string of the molecule is [CH2]CC(CCC)=NC. The molecule has 0 N–H and O–H groups in total. The van der Waals surface area contributed by atoms with E-state index in [-0.39, 0.29) is 0 Å². The van der Waals surface area contributed by atoms with Crippen LogP contribution in [0.3, 0.4) is 0 Å². The molecule has 0 spiro atoms. The molecule has 1 nitrogen and oxygen atoms in total. The first kappa shape index (κ1) is 7.67. The van der Waals surface area contributed by atoms with Crippen LogP contribution in [0.25, 0.3) is 0 Å². The van der Waals surface area contributed by atoms with E-state index >= 15 is 0 Å². The van der Waals surface area contributed by atoms with Crippen molar-refractivity contribution < 1.29 is 0 Å². The number of rotatable bonds is 3. The number of aliphatic imine (C=N–C) groups is 1. The molecule has 0 unspecified atom stereocenters. The van der Waals surface area contributed by atoms with E-state index in [1.165, 1.54) is 12.1 Å². The van der Waals surface area contributed by atoms with Crippen molar-refractivity contribution in [3.8, 4) is 0 Å². The molecule has 0 aromatic heterocycles. The van der Waals surface area contributed by atoms with E-state index in [4.69, 9.17) is 0 Å². The molecular formula is C7H14N. The summed E-state index contributed by atoms with van der Waals surface area (Å²) in [5.41, 5.74) is 1.23. The predicted octanol–water partition coefficient (Wildman–Crippen LogP) is 2.08. The summed E-state index contributed by atoms with van der Waals surface area (Å²) in [6.07, 6.45) is 3.16. The van der Waals surface area contributed by atoms with Gasteiger partial charge in [0.05, 0.1) is 0 Å². The summed E-state index contributed by atoms with van der Waals surface area (Å²) < 4.78 is 0. The lowest BCUT2D eigenvalue weighted by Crippen LogP contribution is -1.93. The zero-order chi connectivity index (χ0) is 6.41. The first-order valence-corrected chi connectivity index (χ1v) is 3.09. The van der Waals surface area contributed by atoms with Crippen molar-refractivity contribution in [2.75, 3.05) is 7.05 Å². The minimum Gasteiger partial charge on any atom is -0.297 e. The highest BCUT2D eigenvalue weighted by Gasteiger charge is 1.89. The zero-order valence-corrected chi connectivity index (χ0v) is 5.78. The summed E-state index contributed by atoms with van der Waals surface area (Å²) in [4.78, 5) is 4.05. The van der Waals surface area contributed by atoms with Crippen molar-refractivity contribution in [2.24, 2.45) is 4.99 Å². The molecule has 0 aliphatic heterocycles. The Morgan fingerprint density at radius 1 is 1.62 bits per heavy atom. The van der Waals surface area contributed by atoms with Crippen LogP contribution in [0, 0.1) is 6.92 Å². The number of nitrogens with zero attached hydrogens (tertiary/aromatic N) is 1. The standard InChI is InChI=1S/C7H14N/c1-4-6-7(5-2)8-3/h2,4-6H2,1,3H3. The summed E-state index contributed by atoms with van der Waals surface area (Å²) in [5.74, 6) is 0. The van der Waals surface area contributed by atoms with Crippen molar-refractivity contribution in [1.82, 2.24) is 0 Å². The summed E-state index contributed by atoms with van der Waals surface area (Å²) >= 11 is 0. The fraction of sp³-hybridized carbons (Fsp3) is 0.714. The molecular weight excluding hydrogens is 98.1 g/mol. The molecule has 0 bridgehead atoms. The first-order chi connectivity index (χ1) is 3.85. The molecule has 1 heteroatoms. The molecule has 0 fully saturated rings. The van der Waals surface area contributed by atoms with E-state index in [9.17, 15) is 0 Å². The molecule has 0 saturated carbocycles. The van der Waals surface area contributed by atoms with Gasteiger partial charge in [-0.15, -0.1) is 0 Å². The minimum atomic E-state index is 0.865. The van der Waals surface area contributed by atoms with Crippen LogP contribution in [0.2, 0.25) is 0 Å². The Balaban J connectivity index is 3.38. The van der Waals surface area contributed by atoms with Crippen LogP contribution in [0.1, 0.15) is 26.2 Å². The second-order valence-electron chi connectivity index (χ2n) is 1.79. The van der Waals surface area contributed by atoms with Crippen LogP contribution >= 0.6 is 0 Å². The smallest absolute Gasteiger partial charge is 0.0276 e. The van der Waals surface area contributed by atoms with Crippen LogP contribution in [0.15, 0.2) is 4.99 Å². The fourth-order valence-electron chi connectivity index (χ4n) is 0.637. The number of hydrogen-bond donors (Lipinski definition) is 0. The van der Waals surface area contributed by atoms with Crippen LogP contribution in [-0.4, -0.2) is 12.8 Å². The lowest BCUT2D eigenvalue weighted by molar-refractivity contribution is 0.973. The average molecular weight is 112 g/mol. The lowest BCUT2D eigenvalue weighted by Gasteiger charge is -1.95. The molecule has 0 atom stereocenters. The van der Waals surface area contributed by atoms with Crippen LogP contribution < -0.4 is 0 Å². The summed E-state index contributed by atoms with van der Waals surface area (Å²) in [7, 11) is 1.83. The van der Waals surface area contributed by atoms with Crippen molar-refractivity contribution in [1.29, 1.82) is 0 Å². The van der Waals surface area contributed by atoms with E-state index in [2.05, 4.69) is 18.8 Å². The van der Waals surface area contributed by atoms with E-state index in [1.807, 2.05) is 7.05 Å². The molecule has 0 aliphatic rings. The van der Waals surface area contributed by atoms with Crippen LogP contribution in [0.4, 0.5) is 0 Å². The maximum absolute atomic E-state index is 4.05. The second kappa shape index (κ2) is 4.82. The third-order valence-corrected chi connectivity index (χ3v) is 1.14. The molecule has 0 saturated heterocycles. The molecule has 1 radical (unpaired) electrons. The minimum absolute atomic E-state index is 0.865. The quantitative estimate of drug-likeness (QED) is 0.496. The van der Waals surface area contributed by atoms with E-state index in [0.717, 1.165) is 12.8 Å². The molecule has 8 heavy (non-hydrogen) atoms. The second-order valence-corrected chi connectivity index (χ2v) is 1.79. The van der Waals surface area contributed by atoms with Crippen LogP contribution in [0.5, 0.6) is 0 Å². The average Bonchev–Trinajstić information content (AvgIpc) is 1.83. The Morgan fingerprint density at radius 3 is 2.38 bits per heavy atom. The normalized spacial score (nSPS) is 12.1.